The molecule has 0 N–H and O–H groups in total. The topological polar surface area (TPSA) is 26.3 Å². The Balaban J connectivity index is 2.01. The molecule has 80 valence electrons. The molecule has 0 amide bonds. The second-order valence-electron chi connectivity index (χ2n) is 3.87. The zero-order chi connectivity index (χ0) is 10.7. The molecule has 1 atom stereocenters. The largest absolute Gasteiger partial charge is 0.381 e. The quantitative estimate of drug-likeness (QED) is 0.738. The highest BCUT2D eigenvalue weighted by Crippen LogP contribution is 2.20. The summed E-state index contributed by atoms with van der Waals surface area (Å²) in [6.45, 7) is 1.50. The molecular formula is C12H13ClO2. The predicted molar refractivity (Wildman–Crippen MR) is 59.3 cm³/mol. The Hall–Kier alpha value is -0.860. The summed E-state index contributed by atoms with van der Waals surface area (Å²) < 4.78 is 5.24. The maximum atomic E-state index is 11.8. The fourth-order valence-corrected chi connectivity index (χ4v) is 1.98. The number of benzene rings is 1. The van der Waals surface area contributed by atoms with Crippen molar-refractivity contribution < 1.29 is 9.53 Å². The van der Waals surface area contributed by atoms with Gasteiger partial charge in [0.15, 0.2) is 5.78 Å². The zero-order valence-electron chi connectivity index (χ0n) is 8.41. The Kier molecular flexibility index (Phi) is 3.39. The van der Waals surface area contributed by atoms with Crippen molar-refractivity contribution in [2.45, 2.75) is 12.8 Å². The highest BCUT2D eigenvalue weighted by molar-refractivity contribution is 6.31. The molecule has 1 fully saturated rings. The van der Waals surface area contributed by atoms with Crippen molar-refractivity contribution >= 4 is 17.4 Å². The predicted octanol–water partition coefficient (Wildman–Crippen LogP) is 2.95. The Labute approximate surface area is 94.2 Å². The van der Waals surface area contributed by atoms with E-state index in [9.17, 15) is 4.79 Å². The van der Waals surface area contributed by atoms with E-state index < -0.39 is 0 Å². The summed E-state index contributed by atoms with van der Waals surface area (Å²) in [7, 11) is 0. The van der Waals surface area contributed by atoms with Gasteiger partial charge in [-0.1, -0.05) is 23.7 Å². The summed E-state index contributed by atoms with van der Waals surface area (Å²) in [6.07, 6.45) is 1.56. The van der Waals surface area contributed by atoms with E-state index in [0.29, 0.717) is 29.5 Å². The molecule has 2 nitrogen and oxygen atoms in total. The van der Waals surface area contributed by atoms with Crippen molar-refractivity contribution in [1.82, 2.24) is 0 Å². The first-order valence-corrected chi connectivity index (χ1v) is 5.50. The highest BCUT2D eigenvalue weighted by Gasteiger charge is 2.19. The van der Waals surface area contributed by atoms with Gasteiger partial charge in [0.05, 0.1) is 0 Å². The summed E-state index contributed by atoms with van der Waals surface area (Å²) in [5.41, 5.74) is 0.703. The molecule has 1 saturated heterocycles. The maximum absolute atomic E-state index is 11.8. The van der Waals surface area contributed by atoms with Crippen LogP contribution in [0.25, 0.3) is 0 Å². The lowest BCUT2D eigenvalue weighted by Gasteiger charge is -2.06. The Morgan fingerprint density at radius 1 is 1.53 bits per heavy atom. The van der Waals surface area contributed by atoms with Gasteiger partial charge in [0.25, 0.3) is 0 Å². The lowest BCUT2D eigenvalue weighted by atomic mass is 9.98. The first-order valence-electron chi connectivity index (χ1n) is 5.12. The lowest BCUT2D eigenvalue weighted by molar-refractivity contribution is 0.0953. The lowest BCUT2D eigenvalue weighted by Crippen LogP contribution is -2.08. The molecule has 2 rings (SSSR count). The molecule has 1 aromatic rings. The van der Waals surface area contributed by atoms with E-state index in [1.807, 2.05) is 6.07 Å². The summed E-state index contributed by atoms with van der Waals surface area (Å²) >= 11 is 5.83. The standard InChI is InChI=1S/C12H13ClO2/c13-11-3-1-2-10(7-11)12(14)6-9-4-5-15-8-9/h1-3,7,9H,4-6,8H2. The van der Waals surface area contributed by atoms with E-state index >= 15 is 0 Å². The average molecular weight is 225 g/mol. The minimum atomic E-state index is 0.160. The minimum absolute atomic E-state index is 0.160. The first kappa shape index (κ1) is 10.7. The van der Waals surface area contributed by atoms with Crippen LogP contribution >= 0.6 is 11.6 Å². The number of carbonyl (C=O) groups excluding carboxylic acids is 1. The number of carbonyl (C=O) groups is 1. The van der Waals surface area contributed by atoms with E-state index in [4.69, 9.17) is 16.3 Å². The Morgan fingerprint density at radius 3 is 3.07 bits per heavy atom. The molecule has 0 spiro atoms. The summed E-state index contributed by atoms with van der Waals surface area (Å²) in [4.78, 5) is 11.8. The molecule has 0 radical (unpaired) electrons. The third kappa shape index (κ3) is 2.80. The molecule has 0 aromatic heterocycles. The van der Waals surface area contributed by atoms with Crippen LogP contribution in [0.4, 0.5) is 0 Å². The zero-order valence-corrected chi connectivity index (χ0v) is 9.17. The van der Waals surface area contributed by atoms with Crippen LogP contribution in [0.2, 0.25) is 5.02 Å². The van der Waals surface area contributed by atoms with Gasteiger partial charge in [0.1, 0.15) is 0 Å². The van der Waals surface area contributed by atoms with Crippen molar-refractivity contribution in [3.8, 4) is 0 Å². The maximum Gasteiger partial charge on any atom is 0.163 e. The van der Waals surface area contributed by atoms with Crippen LogP contribution in [-0.4, -0.2) is 19.0 Å². The summed E-state index contributed by atoms with van der Waals surface area (Å²) in [5.74, 6) is 0.546. The number of ketones is 1. The van der Waals surface area contributed by atoms with Crippen LogP contribution in [0.15, 0.2) is 24.3 Å². The van der Waals surface area contributed by atoms with Crippen molar-refractivity contribution in [3.63, 3.8) is 0 Å². The molecule has 15 heavy (non-hydrogen) atoms. The Bertz CT molecular complexity index is 356. The molecule has 1 aliphatic rings. The molecule has 1 aliphatic heterocycles. The highest BCUT2D eigenvalue weighted by atomic mass is 35.5. The van der Waals surface area contributed by atoms with E-state index in [0.717, 1.165) is 13.0 Å². The monoisotopic (exact) mass is 224 g/mol. The number of ether oxygens (including phenoxy) is 1. The summed E-state index contributed by atoms with van der Waals surface area (Å²) in [5, 5.41) is 0.614. The van der Waals surface area contributed by atoms with E-state index in [1.165, 1.54) is 0 Å². The van der Waals surface area contributed by atoms with Gasteiger partial charge in [-0.15, -0.1) is 0 Å². The molecule has 0 saturated carbocycles. The van der Waals surface area contributed by atoms with E-state index in [1.54, 1.807) is 18.2 Å². The fraction of sp³-hybridized carbons (Fsp3) is 0.417. The van der Waals surface area contributed by atoms with Crippen molar-refractivity contribution in [1.29, 1.82) is 0 Å². The fourth-order valence-electron chi connectivity index (χ4n) is 1.79. The van der Waals surface area contributed by atoms with Crippen molar-refractivity contribution in [2.75, 3.05) is 13.2 Å². The third-order valence-electron chi connectivity index (χ3n) is 2.64. The average Bonchev–Trinajstić information content (AvgIpc) is 2.70. The Morgan fingerprint density at radius 2 is 2.40 bits per heavy atom. The van der Waals surface area contributed by atoms with E-state index in [-0.39, 0.29) is 5.78 Å². The second-order valence-corrected chi connectivity index (χ2v) is 4.30. The smallest absolute Gasteiger partial charge is 0.163 e. The van der Waals surface area contributed by atoms with Gasteiger partial charge in [-0.3, -0.25) is 4.79 Å². The molecule has 1 heterocycles. The SMILES string of the molecule is O=C(CC1CCOC1)c1cccc(Cl)c1. The van der Waals surface area contributed by atoms with Gasteiger partial charge in [-0.25, -0.2) is 0 Å². The van der Waals surface area contributed by atoms with Gasteiger partial charge < -0.3 is 4.74 Å². The van der Waals surface area contributed by atoms with Crippen LogP contribution < -0.4 is 0 Å². The number of hydrogen-bond acceptors (Lipinski definition) is 2. The first-order chi connectivity index (χ1) is 7.25. The van der Waals surface area contributed by atoms with Gasteiger partial charge in [0, 0.05) is 30.2 Å². The molecule has 0 bridgehead atoms. The molecule has 1 aromatic carbocycles. The van der Waals surface area contributed by atoms with Crippen molar-refractivity contribution in [2.24, 2.45) is 5.92 Å². The van der Waals surface area contributed by atoms with Gasteiger partial charge in [-0.05, 0) is 24.5 Å². The summed E-state index contributed by atoms with van der Waals surface area (Å²) in [6, 6.07) is 7.11. The normalized spacial score (nSPS) is 20.5. The molecule has 0 aliphatic carbocycles. The molecular weight excluding hydrogens is 212 g/mol. The minimum Gasteiger partial charge on any atom is -0.381 e. The number of halogens is 1. The van der Waals surface area contributed by atoms with Crippen LogP contribution in [-0.2, 0) is 4.74 Å². The van der Waals surface area contributed by atoms with Gasteiger partial charge in [0.2, 0.25) is 0 Å². The van der Waals surface area contributed by atoms with E-state index in [2.05, 4.69) is 0 Å². The second kappa shape index (κ2) is 4.77. The van der Waals surface area contributed by atoms with Gasteiger partial charge >= 0.3 is 0 Å². The number of hydrogen-bond donors (Lipinski definition) is 0. The van der Waals surface area contributed by atoms with Crippen molar-refractivity contribution in [3.05, 3.63) is 34.9 Å². The van der Waals surface area contributed by atoms with Gasteiger partial charge in [-0.2, -0.15) is 0 Å². The van der Waals surface area contributed by atoms with Crippen LogP contribution in [0, 0.1) is 5.92 Å². The third-order valence-corrected chi connectivity index (χ3v) is 2.88. The number of rotatable bonds is 3. The van der Waals surface area contributed by atoms with Crippen LogP contribution in [0.1, 0.15) is 23.2 Å². The van der Waals surface area contributed by atoms with Crippen LogP contribution in [0.3, 0.4) is 0 Å². The number of Topliss-reactive ketones (excluding diaryl/α,β-unsaturated/α-hetero) is 1. The molecule has 3 heteroatoms. The molecule has 1 unspecified atom stereocenters. The van der Waals surface area contributed by atoms with Crippen LogP contribution in [0.5, 0.6) is 0 Å².